The highest BCUT2D eigenvalue weighted by Crippen LogP contribution is 2.39. The summed E-state index contributed by atoms with van der Waals surface area (Å²) in [5, 5.41) is 18.0. The number of aryl methyl sites for hydroxylation is 2. The largest absolute Gasteiger partial charge is 0.493 e. The molecule has 0 spiro atoms. The minimum absolute atomic E-state index is 0.0236. The molecule has 3 aromatic carbocycles. The molecular weight excluding hydrogens is 540 g/mol. The van der Waals surface area contributed by atoms with Crippen LogP contribution in [-0.4, -0.2) is 63.7 Å². The molecule has 3 heterocycles. The van der Waals surface area contributed by atoms with E-state index in [0.717, 1.165) is 81.4 Å². The van der Waals surface area contributed by atoms with Crippen LogP contribution < -0.4 is 4.74 Å². The topological polar surface area (TPSA) is 81.8 Å². The first-order valence-corrected chi connectivity index (χ1v) is 15.3. The number of esters is 1. The molecule has 43 heavy (non-hydrogen) atoms. The third kappa shape index (κ3) is 5.53. The molecule has 5 aromatic rings. The molecule has 224 valence electrons. The molecule has 1 aliphatic rings. The average molecular weight is 581 g/mol. The highest BCUT2D eigenvalue weighted by Gasteiger charge is 2.28. The molecule has 8 heteroatoms. The Labute approximate surface area is 252 Å². The zero-order valence-corrected chi connectivity index (χ0v) is 25.3. The Kier molecular flexibility index (Phi) is 8.49. The molecule has 0 amide bonds. The maximum Gasteiger partial charge on any atom is 0.355 e. The Morgan fingerprint density at radius 2 is 1.81 bits per heavy atom. The maximum absolute atomic E-state index is 13.6. The van der Waals surface area contributed by atoms with Crippen LogP contribution in [0.2, 0.25) is 0 Å². The summed E-state index contributed by atoms with van der Waals surface area (Å²) < 4.78 is 16.0. The minimum atomic E-state index is -0.284. The molecule has 1 N–H and O–H groups in total. The minimum Gasteiger partial charge on any atom is -0.493 e. The molecule has 0 atom stereocenters. The molecule has 0 saturated heterocycles. The number of para-hydroxylation sites is 1. The van der Waals surface area contributed by atoms with Crippen molar-refractivity contribution in [1.82, 2.24) is 19.2 Å². The van der Waals surface area contributed by atoms with E-state index in [2.05, 4.69) is 59.8 Å². The first-order valence-electron chi connectivity index (χ1n) is 15.3. The van der Waals surface area contributed by atoms with Crippen molar-refractivity contribution in [3.8, 4) is 16.9 Å². The van der Waals surface area contributed by atoms with Gasteiger partial charge in [-0.15, -0.1) is 0 Å². The number of hydrogen-bond donors (Lipinski definition) is 1. The van der Waals surface area contributed by atoms with Gasteiger partial charge in [0.1, 0.15) is 11.4 Å². The summed E-state index contributed by atoms with van der Waals surface area (Å²) in [7, 11) is 2.11. The summed E-state index contributed by atoms with van der Waals surface area (Å²) in [4.78, 5) is 15.9. The van der Waals surface area contributed by atoms with Crippen molar-refractivity contribution in [1.29, 1.82) is 0 Å². The molecule has 0 radical (unpaired) electrons. The summed E-state index contributed by atoms with van der Waals surface area (Å²) in [6, 6.07) is 20.7. The Morgan fingerprint density at radius 3 is 2.65 bits per heavy atom. The van der Waals surface area contributed by atoms with Gasteiger partial charge in [0.05, 0.1) is 37.6 Å². The number of aliphatic hydroxyl groups excluding tert-OH is 1. The Hall–Kier alpha value is -4.14. The number of carbonyl (C=O) groups excluding carboxylic acids is 1. The van der Waals surface area contributed by atoms with Crippen LogP contribution in [-0.2, 0) is 30.8 Å². The number of aromatic nitrogens is 3. The summed E-state index contributed by atoms with van der Waals surface area (Å²) in [5.74, 6) is 0.590. The molecule has 0 unspecified atom stereocenters. The highest BCUT2D eigenvalue weighted by atomic mass is 16.5. The van der Waals surface area contributed by atoms with Gasteiger partial charge in [-0.1, -0.05) is 54.6 Å². The number of rotatable bonds is 9. The van der Waals surface area contributed by atoms with E-state index in [0.29, 0.717) is 38.4 Å². The second-order valence-corrected chi connectivity index (χ2v) is 11.3. The molecule has 0 fully saturated rings. The van der Waals surface area contributed by atoms with Gasteiger partial charge in [0.25, 0.3) is 0 Å². The van der Waals surface area contributed by atoms with E-state index in [1.807, 2.05) is 35.9 Å². The van der Waals surface area contributed by atoms with Gasteiger partial charge in [0, 0.05) is 40.7 Å². The molecule has 0 bridgehead atoms. The summed E-state index contributed by atoms with van der Waals surface area (Å²) in [6.07, 6.45) is 2.32. The van der Waals surface area contributed by atoms with Crippen LogP contribution in [0.15, 0.2) is 60.7 Å². The van der Waals surface area contributed by atoms with E-state index in [9.17, 15) is 9.90 Å². The van der Waals surface area contributed by atoms with Crippen molar-refractivity contribution in [3.63, 3.8) is 0 Å². The van der Waals surface area contributed by atoms with Gasteiger partial charge in [-0.2, -0.15) is 5.10 Å². The zero-order valence-electron chi connectivity index (χ0n) is 25.3. The predicted octanol–water partition coefficient (Wildman–Crippen LogP) is 5.98. The fourth-order valence-electron chi connectivity index (χ4n) is 6.56. The van der Waals surface area contributed by atoms with Gasteiger partial charge >= 0.3 is 5.97 Å². The lowest BCUT2D eigenvalue weighted by atomic mass is 9.98. The van der Waals surface area contributed by atoms with Crippen molar-refractivity contribution in [2.24, 2.45) is 0 Å². The molecule has 0 aliphatic carbocycles. The molecule has 1 aliphatic heterocycles. The maximum atomic E-state index is 13.6. The molecule has 8 nitrogen and oxygen atoms in total. The lowest BCUT2D eigenvalue weighted by Crippen LogP contribution is -2.23. The Morgan fingerprint density at radius 1 is 1.02 bits per heavy atom. The van der Waals surface area contributed by atoms with Crippen molar-refractivity contribution in [3.05, 3.63) is 83.3 Å². The number of fused-ring (bicyclic) bond motifs is 3. The van der Waals surface area contributed by atoms with E-state index < -0.39 is 0 Å². The Bertz CT molecular complexity index is 1760. The zero-order chi connectivity index (χ0) is 29.9. The highest BCUT2D eigenvalue weighted by molar-refractivity contribution is 6.05. The summed E-state index contributed by atoms with van der Waals surface area (Å²) in [5.41, 5.74) is 6.83. The van der Waals surface area contributed by atoms with Gasteiger partial charge in [-0.25, -0.2) is 4.79 Å². The predicted molar refractivity (Wildman–Crippen MR) is 170 cm³/mol. The van der Waals surface area contributed by atoms with Crippen molar-refractivity contribution in [2.75, 3.05) is 33.4 Å². The standard InChI is InChI=1S/C35H40N4O4/c1-4-42-35(41)34-28(16-9-22-43-31-17-7-12-25-11-5-6-13-26(25)31)27-14-8-15-29-32-24(2)39(20-21-40)36-30(32)23-37(3)18-10-19-38(34)33(27)29/h5-8,11-15,17,40H,4,9-10,16,18-23H2,1-3H3. The van der Waals surface area contributed by atoms with Gasteiger partial charge in [-0.3, -0.25) is 4.68 Å². The van der Waals surface area contributed by atoms with Crippen molar-refractivity contribution < 1.29 is 19.4 Å². The van der Waals surface area contributed by atoms with Crippen molar-refractivity contribution in [2.45, 2.75) is 52.7 Å². The fourth-order valence-corrected chi connectivity index (χ4v) is 6.56. The van der Waals surface area contributed by atoms with Gasteiger partial charge in [-0.05, 0) is 63.7 Å². The van der Waals surface area contributed by atoms with Crippen LogP contribution in [0.3, 0.4) is 0 Å². The number of aliphatic hydroxyl groups is 1. The lowest BCUT2D eigenvalue weighted by molar-refractivity contribution is 0.0512. The van der Waals surface area contributed by atoms with E-state index in [1.54, 1.807) is 0 Å². The monoisotopic (exact) mass is 580 g/mol. The van der Waals surface area contributed by atoms with Crippen LogP contribution >= 0.6 is 0 Å². The molecule has 2 aromatic heterocycles. The number of benzene rings is 3. The van der Waals surface area contributed by atoms with Crippen LogP contribution in [0, 0.1) is 6.92 Å². The van der Waals surface area contributed by atoms with E-state index in [1.165, 1.54) is 0 Å². The molecular formula is C35H40N4O4. The number of ether oxygens (including phenoxy) is 2. The van der Waals surface area contributed by atoms with E-state index in [-0.39, 0.29) is 12.6 Å². The van der Waals surface area contributed by atoms with Crippen LogP contribution in [0.5, 0.6) is 5.75 Å². The fraction of sp³-hybridized carbons (Fsp3) is 0.371. The smallest absolute Gasteiger partial charge is 0.355 e. The van der Waals surface area contributed by atoms with E-state index in [4.69, 9.17) is 14.6 Å². The third-order valence-electron chi connectivity index (χ3n) is 8.44. The number of hydrogen-bond acceptors (Lipinski definition) is 6. The van der Waals surface area contributed by atoms with Crippen LogP contribution in [0.25, 0.3) is 32.8 Å². The normalized spacial score (nSPS) is 13.8. The number of carbonyl (C=O) groups is 1. The first kappa shape index (κ1) is 29.0. The molecule has 0 saturated carbocycles. The second-order valence-electron chi connectivity index (χ2n) is 11.3. The first-order chi connectivity index (χ1) is 21.0. The lowest BCUT2D eigenvalue weighted by Gasteiger charge is -2.20. The van der Waals surface area contributed by atoms with Crippen LogP contribution in [0.4, 0.5) is 0 Å². The second kappa shape index (κ2) is 12.6. The van der Waals surface area contributed by atoms with Crippen LogP contribution in [0.1, 0.15) is 47.2 Å². The summed E-state index contributed by atoms with van der Waals surface area (Å²) in [6.45, 7) is 7.52. The van der Waals surface area contributed by atoms with Crippen molar-refractivity contribution >= 4 is 27.6 Å². The quantitative estimate of drug-likeness (QED) is 0.171. The third-order valence-corrected chi connectivity index (χ3v) is 8.44. The van der Waals surface area contributed by atoms with E-state index >= 15 is 0 Å². The summed E-state index contributed by atoms with van der Waals surface area (Å²) >= 11 is 0. The van der Waals surface area contributed by atoms with Gasteiger partial charge in [0.15, 0.2) is 0 Å². The number of nitrogens with zero attached hydrogens (tertiary/aromatic N) is 4. The molecule has 6 rings (SSSR count). The average Bonchev–Trinajstić information content (AvgIpc) is 3.49. The Balaban J connectivity index is 1.43. The SMILES string of the molecule is CCOC(=O)c1c(CCCOc2cccc3ccccc23)c2cccc3c2n1CCCN(C)Cc1nn(CCO)c(C)c1-3. The van der Waals surface area contributed by atoms with Gasteiger partial charge < -0.3 is 24.0 Å². The van der Waals surface area contributed by atoms with Gasteiger partial charge in [0.2, 0.25) is 0 Å².